The molecule has 0 heterocycles. The van der Waals surface area contributed by atoms with Crippen LogP contribution in [0.5, 0.6) is 5.75 Å². The molecule has 0 N–H and O–H groups in total. The molecule has 6 heteroatoms. The second-order valence-corrected chi connectivity index (χ2v) is 7.14. The predicted octanol–water partition coefficient (Wildman–Crippen LogP) is 6.41. The van der Waals surface area contributed by atoms with Crippen molar-refractivity contribution in [3.63, 3.8) is 0 Å². The number of fused-ring (bicyclic) bond motifs is 3. The minimum Gasteiger partial charge on any atom is -0.409 e. The van der Waals surface area contributed by atoms with E-state index in [2.05, 4.69) is 0 Å². The van der Waals surface area contributed by atoms with Gasteiger partial charge in [0.15, 0.2) is 0 Å². The zero-order chi connectivity index (χ0) is 22.0. The molecule has 0 fully saturated rings. The quantitative estimate of drug-likeness (QED) is 0.215. The molecule has 0 unspecified atom stereocenters. The summed E-state index contributed by atoms with van der Waals surface area (Å²) in [6.45, 7) is 4.88. The number of rotatable bonds is 5. The largest absolute Gasteiger partial charge is 0.415 e. The Kier molecular flexibility index (Phi) is 5.54. The molecule has 156 valence electrons. The van der Waals surface area contributed by atoms with E-state index < -0.39 is 11.0 Å². The molecule has 0 aromatic heterocycles. The normalized spacial score (nSPS) is 10.9. The van der Waals surface area contributed by atoms with Crippen molar-refractivity contribution in [2.24, 2.45) is 0 Å². The predicted molar refractivity (Wildman–Crippen MR) is 122 cm³/mol. The molecule has 6 nitrogen and oxygen atoms in total. The van der Waals surface area contributed by atoms with Crippen LogP contribution in [0, 0.1) is 10.1 Å². The molecule has 0 radical (unpaired) electrons. The van der Waals surface area contributed by atoms with Crippen molar-refractivity contribution >= 4 is 33.3 Å². The van der Waals surface area contributed by atoms with Crippen LogP contribution in [0.2, 0.25) is 0 Å². The van der Waals surface area contributed by atoms with Crippen LogP contribution < -0.4 is 4.74 Å². The maximum Gasteiger partial charge on any atom is 0.415 e. The second kappa shape index (κ2) is 8.44. The average Bonchev–Trinajstić information content (AvgIpc) is 2.80. The van der Waals surface area contributed by atoms with Gasteiger partial charge in [0.2, 0.25) is 0 Å². The Morgan fingerprint density at radius 2 is 1.35 bits per heavy atom. The van der Waals surface area contributed by atoms with Gasteiger partial charge in [-0.15, -0.1) is 0 Å². The number of nitrogens with zero attached hydrogens (tertiary/aromatic N) is 2. The van der Waals surface area contributed by atoms with Gasteiger partial charge in [0.05, 0.1) is 4.92 Å². The Hall–Kier alpha value is -3.93. The Morgan fingerprint density at radius 1 is 0.839 bits per heavy atom. The first-order valence-electron chi connectivity index (χ1n) is 10.2. The van der Waals surface area contributed by atoms with Crippen molar-refractivity contribution in [3.8, 4) is 16.9 Å². The molecule has 0 saturated heterocycles. The van der Waals surface area contributed by atoms with Crippen molar-refractivity contribution in [3.05, 3.63) is 82.9 Å². The average molecular weight is 414 g/mol. The van der Waals surface area contributed by atoms with Crippen LogP contribution in [0.4, 0.5) is 10.5 Å². The van der Waals surface area contributed by atoms with Gasteiger partial charge in [-0.2, -0.15) is 0 Å². The first-order chi connectivity index (χ1) is 15.0. The first kappa shape index (κ1) is 20.3. The number of amides is 1. The lowest BCUT2D eigenvalue weighted by Crippen LogP contribution is -2.33. The highest BCUT2D eigenvalue weighted by molar-refractivity contribution is 6.18. The Morgan fingerprint density at radius 3 is 1.90 bits per heavy atom. The summed E-state index contributed by atoms with van der Waals surface area (Å²) in [4.78, 5) is 25.2. The van der Waals surface area contributed by atoms with Gasteiger partial charge in [-0.1, -0.05) is 48.5 Å². The molecule has 0 aliphatic heterocycles. The smallest absolute Gasteiger partial charge is 0.409 e. The Balaban J connectivity index is 2.03. The number of carbonyl (C=O) groups excluding carboxylic acids is 1. The Bertz CT molecular complexity index is 1280. The third-order valence-corrected chi connectivity index (χ3v) is 5.46. The van der Waals surface area contributed by atoms with E-state index in [1.165, 1.54) is 12.1 Å². The van der Waals surface area contributed by atoms with Crippen molar-refractivity contribution in [2.75, 3.05) is 13.1 Å². The van der Waals surface area contributed by atoms with Gasteiger partial charge in [-0.05, 0) is 47.7 Å². The topological polar surface area (TPSA) is 72.7 Å². The molecule has 0 saturated carbocycles. The lowest BCUT2D eigenvalue weighted by molar-refractivity contribution is -0.384. The lowest BCUT2D eigenvalue weighted by Gasteiger charge is -2.22. The highest BCUT2D eigenvalue weighted by atomic mass is 16.6. The molecule has 0 aliphatic rings. The molecule has 0 aliphatic carbocycles. The first-order valence-corrected chi connectivity index (χ1v) is 10.2. The molecule has 4 aromatic rings. The van der Waals surface area contributed by atoms with Crippen LogP contribution in [-0.2, 0) is 0 Å². The number of benzene rings is 4. The second-order valence-electron chi connectivity index (χ2n) is 7.14. The number of hydrogen-bond donors (Lipinski definition) is 0. The summed E-state index contributed by atoms with van der Waals surface area (Å²) in [5.41, 5.74) is 1.50. The fourth-order valence-corrected chi connectivity index (χ4v) is 3.89. The van der Waals surface area contributed by atoms with Crippen LogP contribution in [0.3, 0.4) is 0 Å². The summed E-state index contributed by atoms with van der Waals surface area (Å²) in [6.07, 6.45) is -0.423. The van der Waals surface area contributed by atoms with Crippen LogP contribution >= 0.6 is 0 Å². The number of nitro groups is 1. The number of nitro benzene ring substituents is 1. The van der Waals surface area contributed by atoms with Gasteiger partial charge in [-0.25, -0.2) is 4.79 Å². The minimum absolute atomic E-state index is 0.00975. The molecule has 0 bridgehead atoms. The minimum atomic E-state index is -0.427. The number of ether oxygens (including phenoxy) is 1. The van der Waals surface area contributed by atoms with Crippen molar-refractivity contribution in [1.82, 2.24) is 4.90 Å². The van der Waals surface area contributed by atoms with E-state index in [9.17, 15) is 14.9 Å². The third-order valence-electron chi connectivity index (χ3n) is 5.46. The van der Waals surface area contributed by atoms with Gasteiger partial charge in [0, 0.05) is 36.2 Å². The number of non-ortho nitro benzene ring substituents is 1. The van der Waals surface area contributed by atoms with E-state index in [4.69, 9.17) is 4.74 Å². The molecular weight excluding hydrogens is 392 g/mol. The van der Waals surface area contributed by atoms with Crippen LogP contribution in [0.15, 0.2) is 72.8 Å². The molecular formula is C25H22N2O4. The van der Waals surface area contributed by atoms with Crippen molar-refractivity contribution in [2.45, 2.75) is 13.8 Å². The highest BCUT2D eigenvalue weighted by Crippen LogP contribution is 2.44. The van der Waals surface area contributed by atoms with Crippen molar-refractivity contribution < 1.29 is 14.5 Å². The fourth-order valence-electron chi connectivity index (χ4n) is 3.89. The standard InChI is InChI=1S/C25H22N2O4/c1-3-26(4-2)25(28)31-24-22-12-8-6-10-20(22)19-9-5-7-11-21(19)23(24)17-13-15-18(16-14-17)27(29)30/h5-16H,3-4H2,1-2H3. The molecule has 1 amide bonds. The lowest BCUT2D eigenvalue weighted by atomic mass is 9.92. The summed E-state index contributed by atoms with van der Waals surface area (Å²) in [5, 5.41) is 14.8. The maximum atomic E-state index is 12.9. The van der Waals surface area contributed by atoms with E-state index in [0.29, 0.717) is 18.8 Å². The molecule has 31 heavy (non-hydrogen) atoms. The fraction of sp³-hybridized carbons (Fsp3) is 0.160. The highest BCUT2D eigenvalue weighted by Gasteiger charge is 2.22. The SMILES string of the molecule is CCN(CC)C(=O)Oc1c(-c2ccc([N+](=O)[O-])cc2)c2ccccc2c2ccccc12. The summed E-state index contributed by atoms with van der Waals surface area (Å²) in [5.74, 6) is 0.458. The van der Waals surface area contributed by atoms with E-state index in [1.54, 1.807) is 17.0 Å². The summed E-state index contributed by atoms with van der Waals surface area (Å²) in [7, 11) is 0. The molecule has 0 spiro atoms. The van der Waals surface area contributed by atoms with Crippen LogP contribution in [0.25, 0.3) is 32.7 Å². The van der Waals surface area contributed by atoms with Gasteiger partial charge in [0.1, 0.15) is 5.75 Å². The van der Waals surface area contributed by atoms with E-state index in [0.717, 1.165) is 32.7 Å². The van der Waals surface area contributed by atoms with E-state index in [1.807, 2.05) is 62.4 Å². The van der Waals surface area contributed by atoms with Crippen LogP contribution in [-0.4, -0.2) is 29.0 Å². The van der Waals surface area contributed by atoms with Crippen LogP contribution in [0.1, 0.15) is 13.8 Å². The van der Waals surface area contributed by atoms with Gasteiger partial charge in [0.25, 0.3) is 5.69 Å². The molecule has 4 rings (SSSR count). The summed E-state index contributed by atoms with van der Waals surface area (Å²) < 4.78 is 6.00. The van der Waals surface area contributed by atoms with Gasteiger partial charge >= 0.3 is 6.09 Å². The zero-order valence-corrected chi connectivity index (χ0v) is 17.4. The maximum absolute atomic E-state index is 12.9. The molecule has 0 atom stereocenters. The monoisotopic (exact) mass is 414 g/mol. The zero-order valence-electron chi connectivity index (χ0n) is 17.4. The van der Waals surface area contributed by atoms with Crippen molar-refractivity contribution in [1.29, 1.82) is 0 Å². The summed E-state index contributed by atoms with van der Waals surface area (Å²) >= 11 is 0. The molecule has 4 aromatic carbocycles. The van der Waals surface area contributed by atoms with E-state index >= 15 is 0 Å². The summed E-state index contributed by atoms with van der Waals surface area (Å²) in [6, 6.07) is 22.0. The number of carbonyl (C=O) groups is 1. The Labute approximate surface area is 179 Å². The van der Waals surface area contributed by atoms with Gasteiger partial charge < -0.3 is 9.64 Å². The third kappa shape index (κ3) is 3.68. The number of hydrogen-bond acceptors (Lipinski definition) is 4. The van der Waals surface area contributed by atoms with E-state index in [-0.39, 0.29) is 5.69 Å². The van der Waals surface area contributed by atoms with Gasteiger partial charge in [-0.3, -0.25) is 10.1 Å².